The number of anilines is 2. The van der Waals surface area contributed by atoms with Crippen molar-refractivity contribution in [2.45, 2.75) is 6.92 Å². The fourth-order valence-corrected chi connectivity index (χ4v) is 1.83. The average molecular weight is 240 g/mol. The summed E-state index contributed by atoms with van der Waals surface area (Å²) in [6, 6.07) is 16.6. The molecule has 0 atom stereocenters. The van der Waals surface area contributed by atoms with Gasteiger partial charge in [0.05, 0.1) is 0 Å². The molecule has 0 bridgehead atoms. The number of nitrogen functional groups attached to an aromatic ring is 1. The lowest BCUT2D eigenvalue weighted by Gasteiger charge is -2.21. The average Bonchev–Trinajstić information content (AvgIpc) is 2.41. The summed E-state index contributed by atoms with van der Waals surface area (Å²) in [6.45, 7) is 2.59. The predicted octanol–water partition coefficient (Wildman–Crippen LogP) is 2.94. The Morgan fingerprint density at radius 2 is 1.67 bits per heavy atom. The Kier molecular flexibility index (Phi) is 3.63. The minimum Gasteiger partial charge on any atom is -0.399 e. The molecule has 92 valence electrons. The zero-order valence-corrected chi connectivity index (χ0v) is 10.3. The van der Waals surface area contributed by atoms with Crippen LogP contribution in [0.5, 0.6) is 0 Å². The van der Waals surface area contributed by atoms with Gasteiger partial charge in [-0.15, -0.1) is 0 Å². The van der Waals surface area contributed by atoms with Gasteiger partial charge in [-0.25, -0.2) is 0 Å². The van der Waals surface area contributed by atoms with Crippen molar-refractivity contribution in [3.63, 3.8) is 0 Å². The second-order valence-corrected chi connectivity index (χ2v) is 4.01. The summed E-state index contributed by atoms with van der Waals surface area (Å²) in [7, 11) is 0. The molecule has 0 aliphatic carbocycles. The van der Waals surface area contributed by atoms with Crippen molar-refractivity contribution in [2.24, 2.45) is 0 Å². The number of hydrogen-bond donors (Lipinski definition) is 1. The van der Waals surface area contributed by atoms with E-state index in [1.165, 1.54) is 0 Å². The highest BCUT2D eigenvalue weighted by Gasteiger charge is 2.15. The lowest BCUT2D eigenvalue weighted by atomic mass is 10.1. The smallest absolute Gasteiger partial charge is 0.258 e. The molecule has 2 rings (SSSR count). The summed E-state index contributed by atoms with van der Waals surface area (Å²) in [6.07, 6.45) is 0. The summed E-state index contributed by atoms with van der Waals surface area (Å²) in [5, 5.41) is 0. The normalized spacial score (nSPS) is 10.1. The van der Waals surface area contributed by atoms with Gasteiger partial charge in [0.15, 0.2) is 0 Å². The Morgan fingerprint density at radius 3 is 2.22 bits per heavy atom. The van der Waals surface area contributed by atoms with E-state index in [9.17, 15) is 4.79 Å². The molecule has 0 aromatic heterocycles. The maximum atomic E-state index is 12.4. The molecule has 0 saturated heterocycles. The molecule has 0 radical (unpaired) electrons. The van der Waals surface area contributed by atoms with Crippen LogP contribution in [0.4, 0.5) is 11.4 Å². The lowest BCUT2D eigenvalue weighted by molar-refractivity contribution is 0.0988. The van der Waals surface area contributed by atoms with Crippen LogP contribution in [0.15, 0.2) is 54.6 Å². The van der Waals surface area contributed by atoms with Crippen molar-refractivity contribution in [3.8, 4) is 0 Å². The molecule has 1 amide bonds. The van der Waals surface area contributed by atoms with Gasteiger partial charge in [-0.05, 0) is 43.3 Å². The van der Waals surface area contributed by atoms with Gasteiger partial charge < -0.3 is 10.6 Å². The molecule has 0 saturated carbocycles. The number of nitrogens with two attached hydrogens (primary N) is 1. The Balaban J connectivity index is 2.28. The van der Waals surface area contributed by atoms with Crippen LogP contribution in [0, 0.1) is 0 Å². The first-order valence-corrected chi connectivity index (χ1v) is 5.95. The van der Waals surface area contributed by atoms with Gasteiger partial charge >= 0.3 is 0 Å². The Morgan fingerprint density at radius 1 is 1.06 bits per heavy atom. The van der Waals surface area contributed by atoms with Crippen molar-refractivity contribution in [1.29, 1.82) is 0 Å². The van der Waals surface area contributed by atoms with Gasteiger partial charge in [-0.2, -0.15) is 0 Å². The molecule has 0 unspecified atom stereocenters. The highest BCUT2D eigenvalue weighted by molar-refractivity contribution is 6.06. The van der Waals surface area contributed by atoms with Crippen LogP contribution in [0.1, 0.15) is 17.3 Å². The second kappa shape index (κ2) is 5.36. The van der Waals surface area contributed by atoms with E-state index in [0.717, 1.165) is 5.69 Å². The standard InChI is InChI=1S/C15H16N2O/c1-2-17(14-6-4-3-5-7-14)15(18)12-8-10-13(16)11-9-12/h3-11H,2,16H2,1H3. The first-order chi connectivity index (χ1) is 8.72. The summed E-state index contributed by atoms with van der Waals surface area (Å²) in [4.78, 5) is 14.1. The largest absolute Gasteiger partial charge is 0.399 e. The number of carbonyl (C=O) groups excluding carboxylic acids is 1. The minimum atomic E-state index is -0.0105. The molecule has 2 N–H and O–H groups in total. The minimum absolute atomic E-state index is 0.0105. The highest BCUT2D eigenvalue weighted by Crippen LogP contribution is 2.17. The van der Waals surface area contributed by atoms with Crippen molar-refractivity contribution in [1.82, 2.24) is 0 Å². The number of benzene rings is 2. The molecule has 0 heterocycles. The zero-order valence-electron chi connectivity index (χ0n) is 10.3. The third-order valence-electron chi connectivity index (χ3n) is 2.79. The molecule has 3 nitrogen and oxygen atoms in total. The number of carbonyl (C=O) groups is 1. The monoisotopic (exact) mass is 240 g/mol. The van der Waals surface area contributed by atoms with Crippen LogP contribution < -0.4 is 10.6 Å². The van der Waals surface area contributed by atoms with E-state index in [1.54, 1.807) is 29.2 Å². The third-order valence-corrected chi connectivity index (χ3v) is 2.79. The van der Waals surface area contributed by atoms with Crippen molar-refractivity contribution >= 4 is 17.3 Å². The highest BCUT2D eigenvalue weighted by atomic mass is 16.2. The van der Waals surface area contributed by atoms with E-state index in [0.29, 0.717) is 17.8 Å². The van der Waals surface area contributed by atoms with E-state index < -0.39 is 0 Å². The second-order valence-electron chi connectivity index (χ2n) is 4.01. The van der Waals surface area contributed by atoms with Gasteiger partial charge in [-0.3, -0.25) is 4.79 Å². The van der Waals surface area contributed by atoms with E-state index in [2.05, 4.69) is 0 Å². The lowest BCUT2D eigenvalue weighted by Crippen LogP contribution is -2.30. The zero-order chi connectivity index (χ0) is 13.0. The van der Waals surface area contributed by atoms with Crippen molar-refractivity contribution in [3.05, 3.63) is 60.2 Å². The Labute approximate surface area is 107 Å². The van der Waals surface area contributed by atoms with Crippen LogP contribution in [0.3, 0.4) is 0 Å². The van der Waals surface area contributed by atoms with Gasteiger partial charge in [0, 0.05) is 23.5 Å². The number of para-hydroxylation sites is 1. The summed E-state index contributed by atoms with van der Waals surface area (Å²) in [5.41, 5.74) is 7.84. The van der Waals surface area contributed by atoms with E-state index in [1.807, 2.05) is 37.3 Å². The fourth-order valence-electron chi connectivity index (χ4n) is 1.83. The molecule has 18 heavy (non-hydrogen) atoms. The molecule has 2 aromatic carbocycles. The van der Waals surface area contributed by atoms with E-state index in [4.69, 9.17) is 5.73 Å². The third kappa shape index (κ3) is 2.51. The number of nitrogens with zero attached hydrogens (tertiary/aromatic N) is 1. The van der Waals surface area contributed by atoms with Gasteiger partial charge in [0.25, 0.3) is 5.91 Å². The van der Waals surface area contributed by atoms with Crippen molar-refractivity contribution < 1.29 is 4.79 Å². The summed E-state index contributed by atoms with van der Waals surface area (Å²) in [5.74, 6) is -0.0105. The van der Waals surface area contributed by atoms with Crippen LogP contribution in [-0.4, -0.2) is 12.5 Å². The van der Waals surface area contributed by atoms with Crippen LogP contribution in [0.25, 0.3) is 0 Å². The van der Waals surface area contributed by atoms with E-state index in [-0.39, 0.29) is 5.91 Å². The molecular formula is C15H16N2O. The number of amides is 1. The quantitative estimate of drug-likeness (QED) is 0.838. The topological polar surface area (TPSA) is 46.3 Å². The maximum absolute atomic E-state index is 12.4. The van der Waals surface area contributed by atoms with Gasteiger partial charge in [-0.1, -0.05) is 18.2 Å². The summed E-state index contributed by atoms with van der Waals surface area (Å²) < 4.78 is 0. The SMILES string of the molecule is CCN(C(=O)c1ccc(N)cc1)c1ccccc1. The molecule has 0 fully saturated rings. The van der Waals surface area contributed by atoms with Gasteiger partial charge in [0.2, 0.25) is 0 Å². The van der Waals surface area contributed by atoms with Crippen LogP contribution in [0.2, 0.25) is 0 Å². The Hall–Kier alpha value is -2.29. The van der Waals surface area contributed by atoms with Crippen LogP contribution >= 0.6 is 0 Å². The number of hydrogen-bond acceptors (Lipinski definition) is 2. The van der Waals surface area contributed by atoms with E-state index >= 15 is 0 Å². The molecule has 3 heteroatoms. The summed E-state index contributed by atoms with van der Waals surface area (Å²) >= 11 is 0. The molecule has 2 aromatic rings. The fraction of sp³-hybridized carbons (Fsp3) is 0.133. The molecular weight excluding hydrogens is 224 g/mol. The molecule has 0 aliphatic heterocycles. The Bertz CT molecular complexity index is 520. The maximum Gasteiger partial charge on any atom is 0.258 e. The first kappa shape index (κ1) is 12.2. The predicted molar refractivity (Wildman–Crippen MR) is 74.6 cm³/mol. The molecule has 0 aliphatic rings. The van der Waals surface area contributed by atoms with Gasteiger partial charge in [0.1, 0.15) is 0 Å². The van der Waals surface area contributed by atoms with Crippen molar-refractivity contribution in [2.75, 3.05) is 17.2 Å². The molecule has 0 spiro atoms. The number of rotatable bonds is 3. The first-order valence-electron chi connectivity index (χ1n) is 5.95. The van der Waals surface area contributed by atoms with Crippen LogP contribution in [-0.2, 0) is 0 Å².